The first-order valence-electron chi connectivity index (χ1n) is 6.62. The molecule has 2 heterocycles. The zero-order valence-corrected chi connectivity index (χ0v) is 11.9. The number of nitrogens with one attached hydrogen (secondary N) is 1. The summed E-state index contributed by atoms with van der Waals surface area (Å²) in [5.74, 6) is -0.915. The summed E-state index contributed by atoms with van der Waals surface area (Å²) in [6.07, 6.45) is -1.59. The van der Waals surface area contributed by atoms with E-state index in [-0.39, 0.29) is 18.0 Å². The highest BCUT2D eigenvalue weighted by atomic mass is 19.4. The lowest BCUT2D eigenvalue weighted by atomic mass is 10.1. The maximum absolute atomic E-state index is 12.1. The van der Waals surface area contributed by atoms with E-state index in [1.165, 1.54) is 36.7 Å². The number of rotatable bonds is 4. The minimum Gasteiger partial charge on any atom is -0.406 e. The van der Waals surface area contributed by atoms with Gasteiger partial charge in [-0.2, -0.15) is 0 Å². The van der Waals surface area contributed by atoms with E-state index in [0.29, 0.717) is 17.0 Å². The van der Waals surface area contributed by atoms with Crippen LogP contribution in [0.5, 0.6) is 5.75 Å². The van der Waals surface area contributed by atoms with E-state index in [1.807, 2.05) is 0 Å². The fraction of sp³-hybridized carbons (Fsp3) is 0.143. The Labute approximate surface area is 132 Å². The Kier molecular flexibility index (Phi) is 4.02. The number of H-pyrrole nitrogens is 1. The van der Waals surface area contributed by atoms with Crippen molar-refractivity contribution in [3.05, 3.63) is 58.5 Å². The molecule has 0 spiro atoms. The van der Waals surface area contributed by atoms with Crippen LogP contribution in [0.15, 0.2) is 46.0 Å². The molecule has 0 fully saturated rings. The van der Waals surface area contributed by atoms with Crippen molar-refractivity contribution in [2.75, 3.05) is 0 Å². The maximum atomic E-state index is 12.1. The predicted molar refractivity (Wildman–Crippen MR) is 74.1 cm³/mol. The number of aromatic nitrogens is 4. The van der Waals surface area contributed by atoms with Crippen LogP contribution in [0, 0.1) is 0 Å². The van der Waals surface area contributed by atoms with Crippen molar-refractivity contribution in [3.63, 3.8) is 0 Å². The molecule has 0 radical (unpaired) electrons. The van der Waals surface area contributed by atoms with Crippen molar-refractivity contribution in [3.8, 4) is 17.3 Å². The van der Waals surface area contributed by atoms with Crippen LogP contribution in [-0.2, 0) is 6.42 Å². The zero-order chi connectivity index (χ0) is 17.2. The molecule has 0 aliphatic rings. The topological polar surface area (TPSA) is 93.9 Å². The van der Waals surface area contributed by atoms with Gasteiger partial charge in [0.2, 0.25) is 5.82 Å². The third kappa shape index (κ3) is 3.77. The summed E-state index contributed by atoms with van der Waals surface area (Å²) in [6.45, 7) is 0. The van der Waals surface area contributed by atoms with Crippen LogP contribution in [-0.4, -0.2) is 26.5 Å². The van der Waals surface area contributed by atoms with Gasteiger partial charge in [0.1, 0.15) is 11.4 Å². The Morgan fingerprint density at radius 1 is 1.12 bits per heavy atom. The van der Waals surface area contributed by atoms with Crippen molar-refractivity contribution < 1.29 is 22.4 Å². The normalized spacial score (nSPS) is 11.5. The van der Waals surface area contributed by atoms with E-state index < -0.39 is 12.1 Å². The molecular formula is C14H9F3N4O3. The van der Waals surface area contributed by atoms with Crippen LogP contribution < -0.4 is 10.5 Å². The van der Waals surface area contributed by atoms with E-state index in [2.05, 4.69) is 29.4 Å². The van der Waals surface area contributed by atoms with Gasteiger partial charge in [-0.05, 0) is 17.7 Å². The van der Waals surface area contributed by atoms with Crippen molar-refractivity contribution in [2.45, 2.75) is 12.8 Å². The average Bonchev–Trinajstić information content (AvgIpc) is 2.95. The lowest BCUT2D eigenvalue weighted by Gasteiger charge is -2.09. The smallest absolute Gasteiger partial charge is 0.406 e. The van der Waals surface area contributed by atoms with Gasteiger partial charge in [0, 0.05) is 18.8 Å². The molecule has 1 N–H and O–H groups in total. The van der Waals surface area contributed by atoms with Crippen molar-refractivity contribution in [1.82, 2.24) is 20.1 Å². The summed E-state index contributed by atoms with van der Waals surface area (Å²) < 4.78 is 44.7. The van der Waals surface area contributed by atoms with Crippen molar-refractivity contribution in [2.24, 2.45) is 0 Å². The third-order valence-corrected chi connectivity index (χ3v) is 2.97. The first kappa shape index (κ1) is 15.7. The number of nitrogens with zero attached hydrogens (tertiary/aromatic N) is 3. The molecule has 24 heavy (non-hydrogen) atoms. The fourth-order valence-electron chi connectivity index (χ4n) is 2.03. The molecule has 0 unspecified atom stereocenters. The highest BCUT2D eigenvalue weighted by Crippen LogP contribution is 2.24. The summed E-state index contributed by atoms with van der Waals surface area (Å²) in [7, 11) is 0. The molecule has 3 rings (SSSR count). The molecule has 0 amide bonds. The van der Waals surface area contributed by atoms with Crippen LogP contribution in [0.3, 0.4) is 0 Å². The summed E-state index contributed by atoms with van der Waals surface area (Å²) in [6, 6.07) is 5.36. The molecule has 10 heteroatoms. The van der Waals surface area contributed by atoms with Crippen LogP contribution in [0.1, 0.15) is 11.3 Å². The van der Waals surface area contributed by atoms with Gasteiger partial charge in [0.15, 0.2) is 0 Å². The molecule has 124 valence electrons. The second-order valence-corrected chi connectivity index (χ2v) is 4.66. The summed E-state index contributed by atoms with van der Waals surface area (Å²) in [5, 5.41) is 3.55. The zero-order valence-electron chi connectivity index (χ0n) is 11.9. The molecular weight excluding hydrogens is 329 g/mol. The highest BCUT2D eigenvalue weighted by molar-refractivity contribution is 5.52. The van der Waals surface area contributed by atoms with E-state index >= 15 is 0 Å². The molecule has 3 aromatic rings. The third-order valence-electron chi connectivity index (χ3n) is 2.97. The van der Waals surface area contributed by atoms with Crippen LogP contribution in [0.2, 0.25) is 0 Å². The molecule has 2 aromatic heterocycles. The lowest BCUT2D eigenvalue weighted by Crippen LogP contribution is -2.17. The molecule has 0 bridgehead atoms. The molecule has 7 nitrogen and oxygen atoms in total. The Morgan fingerprint density at radius 3 is 2.46 bits per heavy atom. The monoisotopic (exact) mass is 338 g/mol. The average molecular weight is 338 g/mol. The number of hydrogen-bond acceptors (Lipinski definition) is 6. The number of hydrogen-bond donors (Lipinski definition) is 1. The highest BCUT2D eigenvalue weighted by Gasteiger charge is 2.30. The van der Waals surface area contributed by atoms with Gasteiger partial charge in [0.05, 0.1) is 5.69 Å². The minimum atomic E-state index is -4.74. The predicted octanol–water partition coefficient (Wildman–Crippen LogP) is 2.31. The fourth-order valence-corrected chi connectivity index (χ4v) is 2.03. The first-order valence-corrected chi connectivity index (χ1v) is 6.62. The number of benzene rings is 1. The summed E-state index contributed by atoms with van der Waals surface area (Å²) >= 11 is 0. The van der Waals surface area contributed by atoms with E-state index in [1.54, 1.807) is 0 Å². The largest absolute Gasteiger partial charge is 0.573 e. The van der Waals surface area contributed by atoms with Crippen LogP contribution in [0.4, 0.5) is 13.2 Å². The summed E-state index contributed by atoms with van der Waals surface area (Å²) in [4.78, 5) is 21.7. The minimum absolute atomic E-state index is 0.125. The van der Waals surface area contributed by atoms with E-state index in [0.717, 1.165) is 0 Å². The number of halogens is 3. The second kappa shape index (κ2) is 6.14. The van der Waals surface area contributed by atoms with Gasteiger partial charge in [-0.25, -0.2) is 9.78 Å². The number of alkyl halides is 3. The number of ether oxygens (including phenoxy) is 1. The van der Waals surface area contributed by atoms with E-state index in [9.17, 15) is 18.0 Å². The van der Waals surface area contributed by atoms with Gasteiger partial charge in [-0.15, -0.1) is 13.2 Å². The first-order chi connectivity index (χ1) is 11.4. The molecule has 0 aliphatic carbocycles. The Balaban J connectivity index is 1.83. The quantitative estimate of drug-likeness (QED) is 0.784. The number of aromatic amines is 1. The lowest BCUT2D eigenvalue weighted by molar-refractivity contribution is -0.274. The summed E-state index contributed by atoms with van der Waals surface area (Å²) in [5.41, 5.74) is 1.47. The maximum Gasteiger partial charge on any atom is 0.573 e. The Hall–Kier alpha value is -3.17. The van der Waals surface area contributed by atoms with Crippen LogP contribution in [0.25, 0.3) is 11.5 Å². The molecule has 0 saturated carbocycles. The Morgan fingerprint density at radius 2 is 1.83 bits per heavy atom. The van der Waals surface area contributed by atoms with E-state index in [4.69, 9.17) is 0 Å². The standard InChI is InChI=1S/C14H9F3N4O3/c15-14(16,17)23-9-3-1-8(2-4-9)7-10-11(19-6-5-18-10)12-20-13(22)24-21-12/h1-6H,7H2,(H,20,21,22). The second-order valence-electron chi connectivity index (χ2n) is 4.66. The SMILES string of the molecule is O=c1[nH]c(-c2nccnc2Cc2ccc(OC(F)(F)F)cc2)no1. The van der Waals surface area contributed by atoms with Crippen molar-refractivity contribution >= 4 is 0 Å². The van der Waals surface area contributed by atoms with Crippen molar-refractivity contribution in [1.29, 1.82) is 0 Å². The van der Waals surface area contributed by atoms with Gasteiger partial charge >= 0.3 is 12.1 Å². The molecule has 1 aromatic carbocycles. The Bertz CT molecular complexity index is 887. The molecule has 0 aliphatic heterocycles. The van der Waals surface area contributed by atoms with Gasteiger partial charge in [0.25, 0.3) is 0 Å². The van der Waals surface area contributed by atoms with Gasteiger partial charge in [-0.3, -0.25) is 14.5 Å². The van der Waals surface area contributed by atoms with Crippen LogP contribution >= 0.6 is 0 Å². The molecule has 0 saturated heterocycles. The molecule has 0 atom stereocenters. The van der Waals surface area contributed by atoms with Gasteiger partial charge < -0.3 is 4.74 Å². The van der Waals surface area contributed by atoms with Gasteiger partial charge in [-0.1, -0.05) is 17.3 Å².